The monoisotopic (exact) mass is 397 g/mol. The van der Waals surface area contributed by atoms with Crippen LogP contribution < -0.4 is 0 Å². The molecule has 0 bridgehead atoms. The Morgan fingerprint density at radius 3 is 2.76 bits per heavy atom. The van der Waals surface area contributed by atoms with Crippen LogP contribution in [0, 0.1) is 26.4 Å². The average molecular weight is 397 g/mol. The van der Waals surface area contributed by atoms with Crippen molar-refractivity contribution >= 4 is 39.3 Å². The average Bonchev–Trinajstić information content (AvgIpc) is 2.77. The van der Waals surface area contributed by atoms with Gasteiger partial charge in [-0.3, -0.25) is 14.7 Å². The lowest BCUT2D eigenvalue weighted by molar-refractivity contribution is -0.384. The summed E-state index contributed by atoms with van der Waals surface area (Å²) in [4.78, 5) is 15.1. The topological polar surface area (TPSA) is 61.0 Å². The van der Waals surface area contributed by atoms with Crippen molar-refractivity contribution in [3.05, 3.63) is 61.7 Å². The first-order valence-corrected chi connectivity index (χ1v) is 7.15. The van der Waals surface area contributed by atoms with E-state index in [0.29, 0.717) is 16.9 Å². The van der Waals surface area contributed by atoms with E-state index in [-0.39, 0.29) is 14.9 Å². The van der Waals surface area contributed by atoms with E-state index in [0.717, 1.165) is 0 Å². The van der Waals surface area contributed by atoms with Gasteiger partial charge in [-0.2, -0.15) is 0 Å². The van der Waals surface area contributed by atoms with Gasteiger partial charge in [0.2, 0.25) is 0 Å². The molecular weight excluding hydrogens is 388 g/mol. The molecule has 0 unspecified atom stereocenters. The third kappa shape index (κ3) is 2.27. The highest BCUT2D eigenvalue weighted by Crippen LogP contribution is 2.31. The fourth-order valence-corrected chi connectivity index (χ4v) is 2.75. The molecule has 0 radical (unpaired) electrons. The highest BCUT2D eigenvalue weighted by Gasteiger charge is 2.22. The number of benzene rings is 2. The zero-order valence-corrected chi connectivity index (χ0v) is 13.0. The number of aryl methyl sites for hydroxylation is 1. The third-order valence-corrected chi connectivity index (χ3v) is 4.01. The normalized spacial score (nSPS) is 11.0. The van der Waals surface area contributed by atoms with E-state index in [4.69, 9.17) is 0 Å². The predicted octanol–water partition coefficient (Wildman–Crippen LogP) is 3.99. The number of rotatable bonds is 2. The van der Waals surface area contributed by atoms with Gasteiger partial charge in [-0.1, -0.05) is 12.1 Å². The minimum Gasteiger partial charge on any atom is -0.290 e. The van der Waals surface area contributed by atoms with Gasteiger partial charge in [0.1, 0.15) is 17.3 Å². The summed E-state index contributed by atoms with van der Waals surface area (Å²) in [5, 5.41) is 11.3. The van der Waals surface area contributed by atoms with E-state index in [1.165, 1.54) is 12.1 Å². The van der Waals surface area contributed by atoms with Crippen molar-refractivity contribution in [2.45, 2.75) is 6.92 Å². The number of aromatic nitrogens is 2. The molecule has 21 heavy (non-hydrogen) atoms. The highest BCUT2D eigenvalue weighted by molar-refractivity contribution is 14.1. The van der Waals surface area contributed by atoms with Crippen molar-refractivity contribution in [1.82, 2.24) is 9.55 Å². The maximum atomic E-state index is 13.9. The van der Waals surface area contributed by atoms with Gasteiger partial charge >= 0.3 is 0 Å². The zero-order chi connectivity index (χ0) is 15.1. The van der Waals surface area contributed by atoms with Crippen molar-refractivity contribution in [3.8, 4) is 5.69 Å². The first kappa shape index (κ1) is 13.9. The van der Waals surface area contributed by atoms with Crippen LogP contribution in [-0.2, 0) is 0 Å². The Balaban J connectivity index is 2.40. The molecule has 0 saturated heterocycles. The van der Waals surface area contributed by atoms with Crippen LogP contribution >= 0.6 is 22.6 Å². The van der Waals surface area contributed by atoms with Crippen molar-refractivity contribution in [2.75, 3.05) is 0 Å². The second kappa shape index (κ2) is 5.06. The second-order valence-electron chi connectivity index (χ2n) is 4.50. The van der Waals surface area contributed by atoms with Crippen LogP contribution in [0.1, 0.15) is 5.82 Å². The molecule has 0 aliphatic heterocycles. The molecule has 0 fully saturated rings. The van der Waals surface area contributed by atoms with Gasteiger partial charge in [0.05, 0.1) is 19.5 Å². The zero-order valence-electron chi connectivity index (χ0n) is 10.9. The molecule has 1 aromatic heterocycles. The van der Waals surface area contributed by atoms with Gasteiger partial charge in [-0.25, -0.2) is 9.37 Å². The number of hydrogen-bond donors (Lipinski definition) is 0. The van der Waals surface area contributed by atoms with E-state index in [1.54, 1.807) is 40.1 Å². The first-order valence-electron chi connectivity index (χ1n) is 6.07. The maximum Gasteiger partial charge on any atom is 0.294 e. The summed E-state index contributed by atoms with van der Waals surface area (Å²) in [6.07, 6.45) is 0. The Kier molecular flexibility index (Phi) is 3.36. The van der Waals surface area contributed by atoms with Crippen molar-refractivity contribution < 1.29 is 9.31 Å². The van der Waals surface area contributed by atoms with Crippen molar-refractivity contribution in [3.63, 3.8) is 0 Å². The summed E-state index contributed by atoms with van der Waals surface area (Å²) in [6.45, 7) is 1.74. The Morgan fingerprint density at radius 2 is 2.05 bits per heavy atom. The molecule has 0 amide bonds. The van der Waals surface area contributed by atoms with Gasteiger partial charge in [-0.15, -0.1) is 0 Å². The quantitative estimate of drug-likeness (QED) is 0.373. The molecule has 106 valence electrons. The number of nitrogens with zero attached hydrogens (tertiary/aromatic N) is 3. The fourth-order valence-electron chi connectivity index (χ4n) is 2.30. The molecule has 5 nitrogen and oxygen atoms in total. The molecule has 3 rings (SSSR count). The molecule has 7 heteroatoms. The van der Waals surface area contributed by atoms with Gasteiger partial charge in [0, 0.05) is 12.1 Å². The number of halogens is 2. The maximum absolute atomic E-state index is 13.9. The van der Waals surface area contributed by atoms with Crippen LogP contribution in [0.5, 0.6) is 0 Å². The lowest BCUT2D eigenvalue weighted by Crippen LogP contribution is -2.04. The number of nitro groups is 1. The molecule has 3 aromatic rings. The standard InChI is InChI=1S/C14H9FIN3O2/c1-8-17-11-4-2-3-5-12(11)18(8)13-6-9(15)10(16)7-14(13)19(20)21/h2-7H,1H3. The van der Waals surface area contributed by atoms with E-state index < -0.39 is 10.7 Å². The van der Waals surface area contributed by atoms with E-state index in [1.807, 2.05) is 18.2 Å². The summed E-state index contributed by atoms with van der Waals surface area (Å²) in [6, 6.07) is 9.68. The SMILES string of the molecule is Cc1nc2ccccc2n1-c1cc(F)c(I)cc1[N+](=O)[O-]. The van der Waals surface area contributed by atoms with Gasteiger partial charge in [0.25, 0.3) is 5.69 Å². The lowest BCUT2D eigenvalue weighted by Gasteiger charge is -2.09. The summed E-state index contributed by atoms with van der Waals surface area (Å²) < 4.78 is 15.7. The lowest BCUT2D eigenvalue weighted by atomic mass is 10.2. The summed E-state index contributed by atoms with van der Waals surface area (Å²) in [7, 11) is 0. The largest absolute Gasteiger partial charge is 0.294 e. The number of fused-ring (bicyclic) bond motifs is 1. The van der Waals surface area contributed by atoms with Crippen LogP contribution in [0.15, 0.2) is 36.4 Å². The number of para-hydroxylation sites is 2. The molecule has 2 aromatic carbocycles. The van der Waals surface area contributed by atoms with Gasteiger partial charge < -0.3 is 0 Å². The minimum absolute atomic E-state index is 0.146. The summed E-state index contributed by atoms with van der Waals surface area (Å²) in [5.74, 6) is 0.0771. The molecule has 1 heterocycles. The van der Waals surface area contributed by atoms with Crippen LogP contribution in [0.2, 0.25) is 0 Å². The number of nitro benzene ring substituents is 1. The van der Waals surface area contributed by atoms with Crippen molar-refractivity contribution in [2.24, 2.45) is 0 Å². The molecular formula is C14H9FIN3O2. The third-order valence-electron chi connectivity index (χ3n) is 3.18. The Labute approximate surface area is 132 Å². The Hall–Kier alpha value is -2.03. The molecule has 0 aliphatic rings. The number of imidazole rings is 1. The van der Waals surface area contributed by atoms with Crippen LogP contribution in [0.25, 0.3) is 16.7 Å². The minimum atomic E-state index is -0.509. The van der Waals surface area contributed by atoms with Crippen LogP contribution in [0.3, 0.4) is 0 Å². The fraction of sp³-hybridized carbons (Fsp3) is 0.0714. The smallest absolute Gasteiger partial charge is 0.290 e. The molecule has 0 atom stereocenters. The first-order chi connectivity index (χ1) is 9.99. The molecule has 0 saturated carbocycles. The Bertz CT molecular complexity index is 876. The summed E-state index contributed by atoms with van der Waals surface area (Å²) >= 11 is 1.74. The highest BCUT2D eigenvalue weighted by atomic mass is 127. The molecule has 0 spiro atoms. The van der Waals surface area contributed by atoms with E-state index in [2.05, 4.69) is 4.98 Å². The van der Waals surface area contributed by atoms with E-state index >= 15 is 0 Å². The van der Waals surface area contributed by atoms with Crippen LogP contribution in [0.4, 0.5) is 10.1 Å². The summed E-state index contributed by atoms with van der Waals surface area (Å²) in [5.41, 5.74) is 1.46. The van der Waals surface area contributed by atoms with Crippen LogP contribution in [-0.4, -0.2) is 14.5 Å². The Morgan fingerprint density at radius 1 is 1.33 bits per heavy atom. The van der Waals surface area contributed by atoms with Gasteiger partial charge in [0.15, 0.2) is 0 Å². The molecule has 0 N–H and O–H groups in total. The molecule has 0 aliphatic carbocycles. The van der Waals surface area contributed by atoms with Gasteiger partial charge in [-0.05, 0) is 41.6 Å². The second-order valence-corrected chi connectivity index (χ2v) is 5.66. The predicted molar refractivity (Wildman–Crippen MR) is 85.1 cm³/mol. The van der Waals surface area contributed by atoms with E-state index in [9.17, 15) is 14.5 Å². The number of hydrogen-bond acceptors (Lipinski definition) is 3. The van der Waals surface area contributed by atoms with Crippen molar-refractivity contribution in [1.29, 1.82) is 0 Å².